The third kappa shape index (κ3) is 4.20. The number of nitrogens with zero attached hydrogens (tertiary/aromatic N) is 2. The van der Waals surface area contributed by atoms with Gasteiger partial charge in [-0.3, -0.25) is 4.79 Å². The molecule has 0 aliphatic carbocycles. The summed E-state index contributed by atoms with van der Waals surface area (Å²) in [6, 6.07) is 10.7. The van der Waals surface area contributed by atoms with Gasteiger partial charge in [0.2, 0.25) is 0 Å². The second-order valence-corrected chi connectivity index (χ2v) is 5.48. The van der Waals surface area contributed by atoms with Crippen molar-refractivity contribution in [3.8, 4) is 0 Å². The van der Waals surface area contributed by atoms with Crippen LogP contribution in [0.4, 0.5) is 5.82 Å². The summed E-state index contributed by atoms with van der Waals surface area (Å²) < 4.78 is 0. The number of hydrogen-bond acceptors (Lipinski definition) is 3. The largest absolute Gasteiger partial charge is 0.384 e. The number of hydrogen-bond donors (Lipinski definition) is 1. The lowest BCUT2D eigenvalue weighted by Gasteiger charge is -2.17. The number of aryl methyl sites for hydroxylation is 1. The first-order chi connectivity index (χ1) is 9.95. The zero-order valence-electron chi connectivity index (χ0n) is 12.1. The average Bonchev–Trinajstić information content (AvgIpc) is 2.44. The molecule has 2 rings (SSSR count). The van der Waals surface area contributed by atoms with E-state index in [1.54, 1.807) is 36.2 Å². The van der Waals surface area contributed by atoms with Gasteiger partial charge >= 0.3 is 0 Å². The molecule has 0 fully saturated rings. The highest BCUT2D eigenvalue weighted by Crippen LogP contribution is 2.12. The van der Waals surface area contributed by atoms with Crippen molar-refractivity contribution in [2.24, 2.45) is 0 Å². The first-order valence-electron chi connectivity index (χ1n) is 6.70. The number of carbonyl (C=O) groups excluding carboxylic acids is 1. The van der Waals surface area contributed by atoms with Gasteiger partial charge in [0.15, 0.2) is 0 Å². The molecule has 4 nitrogen and oxygen atoms in total. The van der Waals surface area contributed by atoms with Gasteiger partial charge < -0.3 is 10.6 Å². The van der Waals surface area contributed by atoms with Crippen molar-refractivity contribution in [2.45, 2.75) is 13.3 Å². The normalized spacial score (nSPS) is 10.4. The summed E-state index contributed by atoms with van der Waals surface area (Å²) in [4.78, 5) is 18.2. The second-order valence-electron chi connectivity index (χ2n) is 5.04. The maximum atomic E-state index is 12.2. The van der Waals surface area contributed by atoms with E-state index in [4.69, 9.17) is 17.3 Å². The van der Waals surface area contributed by atoms with Crippen molar-refractivity contribution in [2.75, 3.05) is 19.3 Å². The quantitative estimate of drug-likeness (QED) is 0.944. The average molecular weight is 304 g/mol. The molecule has 0 saturated heterocycles. The smallest absolute Gasteiger partial charge is 0.253 e. The molecule has 1 amide bonds. The summed E-state index contributed by atoms with van der Waals surface area (Å²) in [7, 11) is 1.77. The molecule has 1 heterocycles. The third-order valence-electron chi connectivity index (χ3n) is 3.18. The molecular formula is C16H18ClN3O. The lowest BCUT2D eigenvalue weighted by molar-refractivity contribution is 0.0796. The predicted octanol–water partition coefficient (Wildman–Crippen LogP) is 2.94. The molecule has 5 heteroatoms. The highest BCUT2D eigenvalue weighted by atomic mass is 35.5. The van der Waals surface area contributed by atoms with Crippen LogP contribution in [0.5, 0.6) is 0 Å². The Kier molecular flexibility index (Phi) is 4.81. The summed E-state index contributed by atoms with van der Waals surface area (Å²) >= 11 is 5.82. The van der Waals surface area contributed by atoms with Crippen LogP contribution in [0.2, 0.25) is 5.02 Å². The Morgan fingerprint density at radius 2 is 1.95 bits per heavy atom. The molecule has 110 valence electrons. The monoisotopic (exact) mass is 303 g/mol. The van der Waals surface area contributed by atoms with Crippen LogP contribution >= 0.6 is 11.6 Å². The number of anilines is 1. The van der Waals surface area contributed by atoms with E-state index in [1.807, 2.05) is 19.1 Å². The summed E-state index contributed by atoms with van der Waals surface area (Å²) in [5.41, 5.74) is 8.32. The molecule has 0 aliphatic rings. The number of pyridine rings is 1. The van der Waals surface area contributed by atoms with E-state index >= 15 is 0 Å². The standard InChI is InChI=1S/C16H18ClN3O/c1-11-9-14(19-15(18)10-11)7-8-20(2)16(21)12-3-5-13(17)6-4-12/h3-6,9-10H,7-8H2,1-2H3,(H2,18,19). The first kappa shape index (κ1) is 15.3. The first-order valence-corrected chi connectivity index (χ1v) is 7.07. The van der Waals surface area contributed by atoms with E-state index in [0.29, 0.717) is 29.4 Å². The number of benzene rings is 1. The minimum absolute atomic E-state index is 0.0349. The zero-order valence-corrected chi connectivity index (χ0v) is 12.9. The van der Waals surface area contributed by atoms with Gasteiger partial charge in [-0.15, -0.1) is 0 Å². The van der Waals surface area contributed by atoms with Gasteiger partial charge in [0, 0.05) is 36.3 Å². The molecular weight excluding hydrogens is 286 g/mol. The number of carbonyl (C=O) groups is 1. The summed E-state index contributed by atoms with van der Waals surface area (Å²) in [6.07, 6.45) is 0.668. The van der Waals surface area contributed by atoms with E-state index in [1.165, 1.54) is 0 Å². The molecule has 0 saturated carbocycles. The number of rotatable bonds is 4. The van der Waals surface area contributed by atoms with Crippen LogP contribution in [0.1, 0.15) is 21.6 Å². The Hall–Kier alpha value is -2.07. The minimum atomic E-state index is -0.0349. The highest BCUT2D eigenvalue weighted by molar-refractivity contribution is 6.30. The Balaban J connectivity index is 1.99. The number of nitrogen functional groups attached to an aromatic ring is 1. The van der Waals surface area contributed by atoms with E-state index in [0.717, 1.165) is 11.3 Å². The van der Waals surface area contributed by atoms with Gasteiger partial charge in [-0.2, -0.15) is 0 Å². The van der Waals surface area contributed by atoms with Gasteiger partial charge in [-0.1, -0.05) is 11.6 Å². The van der Waals surface area contributed by atoms with Crippen molar-refractivity contribution in [3.05, 3.63) is 58.2 Å². The van der Waals surface area contributed by atoms with Crippen LogP contribution in [-0.2, 0) is 6.42 Å². The van der Waals surface area contributed by atoms with Crippen molar-refractivity contribution < 1.29 is 4.79 Å². The number of aromatic nitrogens is 1. The number of halogens is 1. The molecule has 2 N–H and O–H groups in total. The Labute approximate surface area is 129 Å². The van der Waals surface area contributed by atoms with E-state index in [2.05, 4.69) is 4.98 Å². The highest BCUT2D eigenvalue weighted by Gasteiger charge is 2.11. The fourth-order valence-corrected chi connectivity index (χ4v) is 2.22. The van der Waals surface area contributed by atoms with Crippen molar-refractivity contribution in [1.29, 1.82) is 0 Å². The zero-order chi connectivity index (χ0) is 15.4. The number of amides is 1. The molecule has 0 bridgehead atoms. The van der Waals surface area contributed by atoms with Gasteiger partial charge in [-0.25, -0.2) is 4.98 Å². The Morgan fingerprint density at radius 1 is 1.29 bits per heavy atom. The van der Waals surface area contributed by atoms with Crippen molar-refractivity contribution >= 4 is 23.3 Å². The van der Waals surface area contributed by atoms with Gasteiger partial charge in [-0.05, 0) is 48.9 Å². The van der Waals surface area contributed by atoms with Gasteiger partial charge in [0.25, 0.3) is 5.91 Å². The molecule has 2 aromatic rings. The van der Waals surface area contributed by atoms with Crippen molar-refractivity contribution in [3.63, 3.8) is 0 Å². The molecule has 0 spiro atoms. The molecule has 21 heavy (non-hydrogen) atoms. The van der Waals surface area contributed by atoms with E-state index < -0.39 is 0 Å². The number of likely N-dealkylation sites (N-methyl/N-ethyl adjacent to an activating group) is 1. The summed E-state index contributed by atoms with van der Waals surface area (Å²) in [5, 5.41) is 0.619. The summed E-state index contributed by atoms with van der Waals surface area (Å²) in [5.74, 6) is 0.476. The van der Waals surface area contributed by atoms with Crippen LogP contribution in [-0.4, -0.2) is 29.4 Å². The molecule has 0 unspecified atom stereocenters. The predicted molar refractivity (Wildman–Crippen MR) is 85.5 cm³/mol. The second kappa shape index (κ2) is 6.59. The molecule has 0 radical (unpaired) electrons. The molecule has 1 aromatic carbocycles. The van der Waals surface area contributed by atoms with Crippen molar-refractivity contribution in [1.82, 2.24) is 9.88 Å². The summed E-state index contributed by atoms with van der Waals surface area (Å²) in [6.45, 7) is 2.56. The maximum absolute atomic E-state index is 12.2. The van der Waals surface area contributed by atoms with Gasteiger partial charge in [0.1, 0.15) is 5.82 Å². The van der Waals surface area contributed by atoms with Gasteiger partial charge in [0.05, 0.1) is 0 Å². The van der Waals surface area contributed by atoms with E-state index in [9.17, 15) is 4.79 Å². The number of nitrogens with two attached hydrogens (primary N) is 1. The molecule has 0 atom stereocenters. The van der Waals surface area contributed by atoms with Crippen LogP contribution < -0.4 is 5.73 Å². The maximum Gasteiger partial charge on any atom is 0.253 e. The van der Waals surface area contributed by atoms with Crippen LogP contribution in [0.25, 0.3) is 0 Å². The van der Waals surface area contributed by atoms with E-state index in [-0.39, 0.29) is 5.91 Å². The Morgan fingerprint density at radius 3 is 2.57 bits per heavy atom. The topological polar surface area (TPSA) is 59.2 Å². The molecule has 0 aliphatic heterocycles. The van der Waals surface area contributed by atoms with Crippen LogP contribution in [0.3, 0.4) is 0 Å². The fraction of sp³-hybridized carbons (Fsp3) is 0.250. The minimum Gasteiger partial charge on any atom is -0.384 e. The van der Waals surface area contributed by atoms with Crippen LogP contribution in [0, 0.1) is 6.92 Å². The SMILES string of the molecule is Cc1cc(N)nc(CCN(C)C(=O)c2ccc(Cl)cc2)c1. The lowest BCUT2D eigenvalue weighted by Crippen LogP contribution is -2.29. The third-order valence-corrected chi connectivity index (χ3v) is 3.44. The van der Waals surface area contributed by atoms with Crippen LogP contribution in [0.15, 0.2) is 36.4 Å². The lowest BCUT2D eigenvalue weighted by atomic mass is 10.1. The fourth-order valence-electron chi connectivity index (χ4n) is 2.09. The molecule has 1 aromatic heterocycles. The Bertz CT molecular complexity index is 620.